The van der Waals surface area contributed by atoms with E-state index in [1.807, 2.05) is 12.1 Å². The number of nitrogens with zero attached hydrogens (tertiary/aromatic N) is 3. The summed E-state index contributed by atoms with van der Waals surface area (Å²) in [6.45, 7) is 0. The highest BCUT2D eigenvalue weighted by Gasteiger charge is 2.19. The number of para-hydroxylation sites is 4. The van der Waals surface area contributed by atoms with Crippen molar-refractivity contribution in [1.29, 1.82) is 5.26 Å². The maximum absolute atomic E-state index is 9.59. The molecule has 2 aromatic heterocycles. The summed E-state index contributed by atoms with van der Waals surface area (Å²) in [7, 11) is 0. The molecule has 2 heterocycles. The lowest BCUT2D eigenvalue weighted by Crippen LogP contribution is -2.00. The van der Waals surface area contributed by atoms with Gasteiger partial charge >= 0.3 is 0 Å². The number of rotatable bonds is 4. The zero-order valence-corrected chi connectivity index (χ0v) is 24.9. The summed E-state index contributed by atoms with van der Waals surface area (Å²) in [5.74, 6) is 0. The Morgan fingerprint density at radius 1 is 0.413 bits per heavy atom. The van der Waals surface area contributed by atoms with Crippen LogP contribution in [0.4, 0.5) is 0 Å². The second-order valence-electron chi connectivity index (χ2n) is 11.7. The Morgan fingerprint density at radius 3 is 1.46 bits per heavy atom. The first-order chi connectivity index (χ1) is 22.8. The van der Waals surface area contributed by atoms with E-state index in [9.17, 15) is 5.26 Å². The van der Waals surface area contributed by atoms with Crippen LogP contribution in [0.2, 0.25) is 0 Å². The van der Waals surface area contributed by atoms with Crippen molar-refractivity contribution in [2.75, 3.05) is 0 Å². The third-order valence-corrected chi connectivity index (χ3v) is 9.16. The molecule has 0 atom stereocenters. The van der Waals surface area contributed by atoms with Gasteiger partial charge in [0.25, 0.3) is 0 Å². The van der Waals surface area contributed by atoms with Crippen LogP contribution in [0.15, 0.2) is 164 Å². The number of aromatic nitrogens is 2. The van der Waals surface area contributed by atoms with Gasteiger partial charge in [0.15, 0.2) is 0 Å². The minimum Gasteiger partial charge on any atom is -0.309 e. The van der Waals surface area contributed by atoms with Gasteiger partial charge < -0.3 is 9.13 Å². The minimum atomic E-state index is 0.646. The van der Waals surface area contributed by atoms with Crippen molar-refractivity contribution < 1.29 is 0 Å². The highest BCUT2D eigenvalue weighted by atomic mass is 15.0. The van der Waals surface area contributed by atoms with Crippen molar-refractivity contribution >= 4 is 43.6 Å². The van der Waals surface area contributed by atoms with Crippen LogP contribution in [0.5, 0.6) is 0 Å². The molecule has 0 aliphatic carbocycles. The molecule has 3 heteroatoms. The monoisotopic (exact) mass is 585 g/mol. The molecular weight excluding hydrogens is 558 g/mol. The second-order valence-corrected chi connectivity index (χ2v) is 11.7. The van der Waals surface area contributed by atoms with Gasteiger partial charge in [-0.15, -0.1) is 0 Å². The molecule has 0 N–H and O–H groups in total. The van der Waals surface area contributed by atoms with E-state index in [1.54, 1.807) is 0 Å². The maximum atomic E-state index is 9.59. The van der Waals surface area contributed by atoms with Crippen LogP contribution in [0.25, 0.3) is 77.2 Å². The summed E-state index contributed by atoms with van der Waals surface area (Å²) < 4.78 is 4.75. The Balaban J connectivity index is 1.34. The first kappa shape index (κ1) is 26.1. The Kier molecular flexibility index (Phi) is 5.88. The smallest absolute Gasteiger partial charge is 0.0991 e. The summed E-state index contributed by atoms with van der Waals surface area (Å²) in [6.07, 6.45) is 0. The predicted molar refractivity (Wildman–Crippen MR) is 191 cm³/mol. The molecule has 0 saturated carbocycles. The van der Waals surface area contributed by atoms with E-state index in [2.05, 4.69) is 167 Å². The number of nitriles is 1. The number of benzene rings is 7. The van der Waals surface area contributed by atoms with Gasteiger partial charge in [0, 0.05) is 32.8 Å². The van der Waals surface area contributed by atoms with E-state index in [0.29, 0.717) is 5.56 Å². The number of fused-ring (bicyclic) bond motifs is 6. The minimum absolute atomic E-state index is 0.646. The highest BCUT2D eigenvalue weighted by molar-refractivity contribution is 6.11. The average molecular weight is 586 g/mol. The normalized spacial score (nSPS) is 11.5. The Labute approximate surface area is 266 Å². The van der Waals surface area contributed by atoms with Gasteiger partial charge in [-0.05, 0) is 71.3 Å². The van der Waals surface area contributed by atoms with Crippen molar-refractivity contribution in [2.24, 2.45) is 0 Å². The average Bonchev–Trinajstić information content (AvgIpc) is 3.65. The fourth-order valence-corrected chi connectivity index (χ4v) is 7.18. The Bertz CT molecular complexity index is 2540. The predicted octanol–water partition coefficient (Wildman–Crippen LogP) is 11.1. The second kappa shape index (κ2) is 10.4. The van der Waals surface area contributed by atoms with E-state index >= 15 is 0 Å². The van der Waals surface area contributed by atoms with Crippen molar-refractivity contribution in [1.82, 2.24) is 9.13 Å². The maximum Gasteiger partial charge on any atom is 0.0991 e. The van der Waals surface area contributed by atoms with Crippen molar-refractivity contribution in [3.05, 3.63) is 169 Å². The van der Waals surface area contributed by atoms with Crippen LogP contribution >= 0.6 is 0 Å². The largest absolute Gasteiger partial charge is 0.309 e. The van der Waals surface area contributed by atoms with E-state index in [0.717, 1.165) is 44.7 Å². The van der Waals surface area contributed by atoms with Crippen LogP contribution in [-0.2, 0) is 0 Å². The van der Waals surface area contributed by atoms with Crippen molar-refractivity contribution in [3.63, 3.8) is 0 Å². The summed E-state index contributed by atoms with van der Waals surface area (Å²) in [5, 5.41) is 14.5. The fraction of sp³-hybridized carbons (Fsp3) is 0. The molecule has 0 saturated heterocycles. The van der Waals surface area contributed by atoms with E-state index in [1.165, 1.54) is 32.6 Å². The standard InChI is InChI=1S/C43H27N3/c44-28-29-23-25-30(26-24-29)43-33(17-10-22-42(43)46-40-20-7-3-15-36(40)37-16-4-8-21-41(37)46)31-11-9-12-32(27-31)45-38-18-5-1-13-34(38)35-14-2-6-19-39(35)45/h1-27H. The third-order valence-electron chi connectivity index (χ3n) is 9.16. The van der Waals surface area contributed by atoms with E-state index < -0.39 is 0 Å². The molecule has 0 radical (unpaired) electrons. The van der Waals surface area contributed by atoms with Crippen LogP contribution < -0.4 is 0 Å². The van der Waals surface area contributed by atoms with Gasteiger partial charge in [-0.25, -0.2) is 0 Å². The zero-order valence-electron chi connectivity index (χ0n) is 24.9. The molecule has 0 amide bonds. The quantitative estimate of drug-likeness (QED) is 0.202. The molecule has 0 spiro atoms. The van der Waals surface area contributed by atoms with Crippen LogP contribution in [0, 0.1) is 11.3 Å². The molecule has 0 unspecified atom stereocenters. The highest BCUT2D eigenvalue weighted by Crippen LogP contribution is 2.42. The van der Waals surface area contributed by atoms with Gasteiger partial charge in [-0.3, -0.25) is 0 Å². The molecule has 7 aromatic carbocycles. The lowest BCUT2D eigenvalue weighted by Gasteiger charge is -2.19. The van der Waals surface area contributed by atoms with E-state index in [4.69, 9.17) is 0 Å². The molecule has 0 bridgehead atoms. The van der Waals surface area contributed by atoms with Crippen LogP contribution in [0.3, 0.4) is 0 Å². The van der Waals surface area contributed by atoms with Crippen molar-refractivity contribution in [3.8, 4) is 39.7 Å². The summed E-state index contributed by atoms with van der Waals surface area (Å²) in [6, 6.07) is 60.2. The summed E-state index contributed by atoms with van der Waals surface area (Å²) >= 11 is 0. The number of hydrogen-bond acceptors (Lipinski definition) is 1. The van der Waals surface area contributed by atoms with Crippen LogP contribution in [0.1, 0.15) is 5.56 Å². The summed E-state index contributed by atoms with van der Waals surface area (Å²) in [5.41, 5.74) is 12.0. The fourth-order valence-electron chi connectivity index (χ4n) is 7.18. The van der Waals surface area contributed by atoms with Gasteiger partial charge in [0.05, 0.1) is 39.4 Å². The molecule has 9 aromatic rings. The lowest BCUT2D eigenvalue weighted by atomic mass is 9.92. The molecule has 46 heavy (non-hydrogen) atoms. The summed E-state index contributed by atoms with van der Waals surface area (Å²) in [4.78, 5) is 0. The van der Waals surface area contributed by atoms with Gasteiger partial charge in [0.1, 0.15) is 0 Å². The number of hydrogen-bond donors (Lipinski definition) is 0. The van der Waals surface area contributed by atoms with Gasteiger partial charge in [0.2, 0.25) is 0 Å². The topological polar surface area (TPSA) is 33.6 Å². The molecule has 0 fully saturated rings. The SMILES string of the molecule is N#Cc1ccc(-c2c(-c3cccc(-n4c5ccccc5c5ccccc54)c3)cccc2-n2c3ccccc3c3ccccc32)cc1. The van der Waals surface area contributed by atoms with Gasteiger partial charge in [-0.2, -0.15) is 5.26 Å². The molecule has 0 aliphatic heterocycles. The molecular formula is C43H27N3. The van der Waals surface area contributed by atoms with Gasteiger partial charge in [-0.1, -0.05) is 109 Å². The lowest BCUT2D eigenvalue weighted by molar-refractivity contribution is 1.17. The molecule has 3 nitrogen and oxygen atoms in total. The molecule has 214 valence electrons. The van der Waals surface area contributed by atoms with Crippen LogP contribution in [-0.4, -0.2) is 9.13 Å². The zero-order chi connectivity index (χ0) is 30.6. The first-order valence-electron chi connectivity index (χ1n) is 15.5. The molecule has 9 rings (SSSR count). The van der Waals surface area contributed by atoms with Crippen molar-refractivity contribution in [2.45, 2.75) is 0 Å². The Hall–Kier alpha value is -6.37. The third kappa shape index (κ3) is 3.91. The van der Waals surface area contributed by atoms with E-state index in [-0.39, 0.29) is 0 Å². The Morgan fingerprint density at radius 2 is 0.913 bits per heavy atom. The molecule has 0 aliphatic rings. The first-order valence-corrected chi connectivity index (χ1v) is 15.5.